The number of benzene rings is 3. The molecule has 1 saturated heterocycles. The number of hydrogen-bond donors (Lipinski definition) is 0. The van der Waals surface area contributed by atoms with Crippen LogP contribution in [-0.4, -0.2) is 84.4 Å². The fourth-order valence-corrected chi connectivity index (χ4v) is 6.35. The molecule has 2 amide bonds. The van der Waals surface area contributed by atoms with Crippen LogP contribution in [-0.2, 0) is 35.5 Å². The van der Waals surface area contributed by atoms with Crippen LogP contribution < -0.4 is 9.64 Å². The highest BCUT2D eigenvalue weighted by Gasteiger charge is 2.34. The van der Waals surface area contributed by atoms with Crippen LogP contribution in [0.5, 0.6) is 5.88 Å². The van der Waals surface area contributed by atoms with Crippen LogP contribution >= 0.6 is 0 Å². The zero-order valence-corrected chi connectivity index (χ0v) is 27.3. The molecule has 0 N–H and O–H groups in total. The molecule has 1 fully saturated rings. The van der Waals surface area contributed by atoms with E-state index in [4.69, 9.17) is 4.74 Å². The van der Waals surface area contributed by atoms with Gasteiger partial charge in [-0.2, -0.15) is 0 Å². The van der Waals surface area contributed by atoms with E-state index < -0.39 is 6.04 Å². The number of piperazine rings is 1. The minimum absolute atomic E-state index is 0.0368. The lowest BCUT2D eigenvalue weighted by molar-refractivity contribution is -0.144. The summed E-state index contributed by atoms with van der Waals surface area (Å²) >= 11 is 0. The maximum absolute atomic E-state index is 14.6. The molecule has 6 rings (SSSR count). The molecule has 242 valence electrons. The topological polar surface area (TPSA) is 69.2 Å². The first-order chi connectivity index (χ1) is 23.0. The third kappa shape index (κ3) is 8.07. The molecule has 2 aliphatic heterocycles. The van der Waals surface area contributed by atoms with Gasteiger partial charge in [-0.3, -0.25) is 9.59 Å². The van der Waals surface area contributed by atoms with E-state index in [-0.39, 0.29) is 11.8 Å². The van der Waals surface area contributed by atoms with Crippen LogP contribution in [0.2, 0.25) is 0 Å². The van der Waals surface area contributed by atoms with Crippen molar-refractivity contribution in [2.75, 3.05) is 51.8 Å². The van der Waals surface area contributed by atoms with Crippen LogP contribution in [0.25, 0.3) is 6.08 Å². The summed E-state index contributed by atoms with van der Waals surface area (Å²) in [5.74, 6) is 0.243. The number of pyridine rings is 1. The maximum Gasteiger partial charge on any atom is 0.247 e. The van der Waals surface area contributed by atoms with Gasteiger partial charge in [0.2, 0.25) is 17.7 Å². The average Bonchev–Trinajstić information content (AvgIpc) is 3.13. The molecule has 0 saturated carbocycles. The average molecular weight is 630 g/mol. The van der Waals surface area contributed by atoms with Crippen molar-refractivity contribution in [3.05, 3.63) is 131 Å². The quantitative estimate of drug-likeness (QED) is 0.228. The van der Waals surface area contributed by atoms with Gasteiger partial charge in [0.05, 0.1) is 7.11 Å². The summed E-state index contributed by atoms with van der Waals surface area (Å²) in [7, 11) is 3.73. The number of anilines is 1. The van der Waals surface area contributed by atoms with Crippen molar-refractivity contribution < 1.29 is 14.3 Å². The van der Waals surface area contributed by atoms with Crippen LogP contribution in [0.4, 0.5) is 5.69 Å². The second-order valence-electron chi connectivity index (χ2n) is 12.4. The fourth-order valence-electron chi connectivity index (χ4n) is 6.35. The van der Waals surface area contributed by atoms with Crippen LogP contribution in [0, 0.1) is 0 Å². The summed E-state index contributed by atoms with van der Waals surface area (Å²) in [5, 5.41) is 0. The van der Waals surface area contributed by atoms with Crippen LogP contribution in [0.3, 0.4) is 0 Å². The Bertz CT molecular complexity index is 1670. The van der Waals surface area contributed by atoms with Gasteiger partial charge in [-0.05, 0) is 65.6 Å². The van der Waals surface area contributed by atoms with Gasteiger partial charge in [-0.1, -0.05) is 66.7 Å². The molecule has 47 heavy (non-hydrogen) atoms. The second-order valence-corrected chi connectivity index (χ2v) is 12.4. The Morgan fingerprint density at radius 2 is 1.57 bits per heavy atom. The van der Waals surface area contributed by atoms with Gasteiger partial charge in [0.25, 0.3) is 0 Å². The lowest BCUT2D eigenvalue weighted by atomic mass is 9.97. The third-order valence-corrected chi connectivity index (χ3v) is 9.20. The van der Waals surface area contributed by atoms with E-state index in [1.54, 1.807) is 36.4 Å². The summed E-state index contributed by atoms with van der Waals surface area (Å²) in [5.41, 5.74) is 6.38. The molecule has 3 aromatic carbocycles. The molecule has 0 spiro atoms. The molecule has 2 aliphatic rings. The summed E-state index contributed by atoms with van der Waals surface area (Å²) < 4.78 is 5.19. The molecular weight excluding hydrogens is 586 g/mol. The third-order valence-electron chi connectivity index (χ3n) is 9.20. The minimum Gasteiger partial charge on any atom is -0.481 e. The number of hydrogen-bond acceptors (Lipinski definition) is 6. The van der Waals surface area contributed by atoms with Crippen LogP contribution in [0.1, 0.15) is 27.8 Å². The van der Waals surface area contributed by atoms with Crippen molar-refractivity contribution in [3.63, 3.8) is 0 Å². The zero-order chi connectivity index (χ0) is 32.6. The lowest BCUT2D eigenvalue weighted by Gasteiger charge is -2.37. The smallest absolute Gasteiger partial charge is 0.247 e. The van der Waals surface area contributed by atoms with Gasteiger partial charge < -0.3 is 24.3 Å². The standard InChI is InChI=1S/C39H43N5O3/c1-41-22-24-42(25-23-41)35-16-12-32(13-17-35)28-44(38(45)19-15-31-14-18-37(47-2)40-27-31)36(26-30-8-4-3-5-9-30)39(46)43-21-20-33-10-6-7-11-34(33)29-43/h3-19,27,36H,20-26,28-29H2,1-2H3. The number of carbonyl (C=O) groups excluding carboxylic acids is 2. The predicted molar refractivity (Wildman–Crippen MR) is 186 cm³/mol. The van der Waals surface area contributed by atoms with Crippen LogP contribution in [0.15, 0.2) is 103 Å². The molecule has 8 heteroatoms. The molecule has 1 aromatic heterocycles. The number of aromatic nitrogens is 1. The Labute approximate surface area is 277 Å². The second kappa shape index (κ2) is 15.1. The molecule has 1 atom stereocenters. The largest absolute Gasteiger partial charge is 0.481 e. The van der Waals surface area contributed by atoms with Crippen molar-refractivity contribution in [3.8, 4) is 5.88 Å². The number of rotatable bonds is 10. The van der Waals surface area contributed by atoms with Gasteiger partial charge in [-0.15, -0.1) is 0 Å². The summed E-state index contributed by atoms with van der Waals surface area (Å²) in [6.07, 6.45) is 6.19. The SMILES string of the molecule is COc1ccc(C=CC(=O)N(Cc2ccc(N3CCN(C)CC3)cc2)C(Cc2ccccc2)C(=O)N2CCc3ccccc3C2)cn1. The Hall–Kier alpha value is -4.95. The number of likely N-dealkylation sites (N-methyl/N-ethyl adjacent to an activating group) is 1. The summed E-state index contributed by atoms with van der Waals surface area (Å²) in [6, 6.07) is 29.7. The van der Waals surface area contributed by atoms with Gasteiger partial charge in [0.15, 0.2) is 0 Å². The van der Waals surface area contributed by atoms with Crippen molar-refractivity contribution in [2.45, 2.75) is 32.0 Å². The maximum atomic E-state index is 14.6. The molecule has 3 heterocycles. The Kier molecular flexibility index (Phi) is 10.3. The molecule has 0 aliphatic carbocycles. The van der Waals surface area contributed by atoms with E-state index in [1.807, 2.05) is 47.4 Å². The van der Waals surface area contributed by atoms with Gasteiger partial charge >= 0.3 is 0 Å². The minimum atomic E-state index is -0.689. The number of nitrogens with zero attached hydrogens (tertiary/aromatic N) is 5. The molecule has 0 bridgehead atoms. The molecule has 1 unspecified atom stereocenters. The van der Waals surface area contributed by atoms with E-state index in [0.717, 1.165) is 54.9 Å². The molecule has 4 aromatic rings. The van der Waals surface area contributed by atoms with E-state index in [2.05, 4.69) is 64.3 Å². The van der Waals surface area contributed by atoms with Gasteiger partial charge in [0.1, 0.15) is 6.04 Å². The van der Waals surface area contributed by atoms with Crippen molar-refractivity contribution in [2.24, 2.45) is 0 Å². The molecule has 0 radical (unpaired) electrons. The lowest BCUT2D eigenvalue weighted by Crippen LogP contribution is -2.52. The number of carbonyl (C=O) groups is 2. The first-order valence-corrected chi connectivity index (χ1v) is 16.4. The Morgan fingerprint density at radius 1 is 0.851 bits per heavy atom. The van der Waals surface area contributed by atoms with E-state index in [0.29, 0.717) is 31.9 Å². The summed E-state index contributed by atoms with van der Waals surface area (Å²) in [6.45, 7) is 5.50. The Balaban J connectivity index is 1.31. The predicted octanol–water partition coefficient (Wildman–Crippen LogP) is 5.08. The number of methoxy groups -OCH3 is 1. The first-order valence-electron chi connectivity index (χ1n) is 16.4. The van der Waals surface area contributed by atoms with Gasteiger partial charge in [0, 0.05) is 76.3 Å². The highest BCUT2D eigenvalue weighted by Crippen LogP contribution is 2.24. The highest BCUT2D eigenvalue weighted by atomic mass is 16.5. The van der Waals surface area contributed by atoms with Crippen molar-refractivity contribution in [1.29, 1.82) is 0 Å². The highest BCUT2D eigenvalue weighted by molar-refractivity contribution is 5.95. The fraction of sp³-hybridized carbons (Fsp3) is 0.308. The molecule has 8 nitrogen and oxygen atoms in total. The monoisotopic (exact) mass is 629 g/mol. The number of fused-ring (bicyclic) bond motifs is 1. The van der Waals surface area contributed by atoms with E-state index >= 15 is 0 Å². The molecular formula is C39H43N5O3. The van der Waals surface area contributed by atoms with E-state index in [1.165, 1.54) is 11.3 Å². The van der Waals surface area contributed by atoms with E-state index in [9.17, 15) is 9.59 Å². The van der Waals surface area contributed by atoms with Crippen molar-refractivity contribution in [1.82, 2.24) is 19.7 Å². The zero-order valence-electron chi connectivity index (χ0n) is 27.3. The summed E-state index contributed by atoms with van der Waals surface area (Å²) in [4.78, 5) is 41.4. The Morgan fingerprint density at radius 3 is 2.28 bits per heavy atom. The number of amides is 2. The van der Waals surface area contributed by atoms with Crippen molar-refractivity contribution >= 4 is 23.6 Å². The first kappa shape index (κ1) is 32.0. The number of ether oxygens (including phenoxy) is 1. The van der Waals surface area contributed by atoms with Gasteiger partial charge in [-0.25, -0.2) is 4.98 Å². The normalized spacial score (nSPS) is 15.7.